The molecular formula is C11H13N3O2. The summed E-state index contributed by atoms with van der Waals surface area (Å²) in [6.45, 7) is 0. The second-order valence-corrected chi connectivity index (χ2v) is 3.50. The van der Waals surface area contributed by atoms with Crippen LogP contribution in [0.5, 0.6) is 0 Å². The second kappa shape index (κ2) is 4.65. The van der Waals surface area contributed by atoms with Crippen LogP contribution < -0.4 is 5.32 Å². The highest BCUT2D eigenvalue weighted by Gasteiger charge is 2.05. The quantitative estimate of drug-likeness (QED) is 0.849. The number of nitrogens with zero attached hydrogens (tertiary/aromatic N) is 2. The Hall–Kier alpha value is -2.04. The molecule has 0 fully saturated rings. The number of nitrogens with one attached hydrogen (secondary N) is 1. The van der Waals surface area contributed by atoms with Gasteiger partial charge in [0.2, 0.25) is 5.91 Å². The van der Waals surface area contributed by atoms with Gasteiger partial charge in [-0.15, -0.1) is 0 Å². The lowest BCUT2D eigenvalue weighted by Gasteiger charge is -2.00. The van der Waals surface area contributed by atoms with E-state index in [0.29, 0.717) is 18.7 Å². The number of hydrogen-bond acceptors (Lipinski definition) is 3. The summed E-state index contributed by atoms with van der Waals surface area (Å²) in [5, 5.41) is 6.77. The van der Waals surface area contributed by atoms with Gasteiger partial charge in [-0.3, -0.25) is 9.48 Å². The van der Waals surface area contributed by atoms with Crippen LogP contribution in [-0.2, 0) is 18.3 Å². The molecule has 0 unspecified atom stereocenters. The Morgan fingerprint density at radius 1 is 1.56 bits per heavy atom. The van der Waals surface area contributed by atoms with Crippen LogP contribution in [0.1, 0.15) is 12.2 Å². The number of aromatic nitrogens is 2. The van der Waals surface area contributed by atoms with E-state index >= 15 is 0 Å². The first-order valence-corrected chi connectivity index (χ1v) is 5.06. The topological polar surface area (TPSA) is 60.1 Å². The molecule has 0 atom stereocenters. The third kappa shape index (κ3) is 2.73. The van der Waals surface area contributed by atoms with Gasteiger partial charge in [-0.25, -0.2) is 0 Å². The number of amides is 1. The minimum Gasteiger partial charge on any atom is -0.469 e. The van der Waals surface area contributed by atoms with Crippen LogP contribution in [0.3, 0.4) is 0 Å². The Morgan fingerprint density at radius 3 is 3.06 bits per heavy atom. The van der Waals surface area contributed by atoms with Gasteiger partial charge in [0.25, 0.3) is 0 Å². The van der Waals surface area contributed by atoms with Crippen LogP contribution in [0.15, 0.2) is 35.1 Å². The molecule has 5 nitrogen and oxygen atoms in total. The lowest BCUT2D eigenvalue weighted by molar-refractivity contribution is -0.116. The maximum absolute atomic E-state index is 11.5. The maximum Gasteiger partial charge on any atom is 0.226 e. The SMILES string of the molecule is Cn1ccc(NC(=O)CCc2ccco2)n1. The first-order chi connectivity index (χ1) is 7.74. The average Bonchev–Trinajstić information content (AvgIpc) is 2.87. The third-order valence-electron chi connectivity index (χ3n) is 2.16. The lowest BCUT2D eigenvalue weighted by Crippen LogP contribution is -2.12. The van der Waals surface area contributed by atoms with Gasteiger partial charge in [0, 0.05) is 32.2 Å². The van der Waals surface area contributed by atoms with Crippen LogP contribution in [0, 0.1) is 0 Å². The van der Waals surface area contributed by atoms with E-state index in [4.69, 9.17) is 4.42 Å². The Bertz CT molecular complexity index is 459. The van der Waals surface area contributed by atoms with E-state index in [0.717, 1.165) is 5.76 Å². The summed E-state index contributed by atoms with van der Waals surface area (Å²) >= 11 is 0. The van der Waals surface area contributed by atoms with E-state index in [1.165, 1.54) is 0 Å². The summed E-state index contributed by atoms with van der Waals surface area (Å²) in [7, 11) is 1.80. The fourth-order valence-corrected chi connectivity index (χ4v) is 1.38. The van der Waals surface area contributed by atoms with Crippen molar-refractivity contribution in [1.29, 1.82) is 0 Å². The molecule has 2 aromatic rings. The number of aryl methyl sites for hydroxylation is 2. The molecule has 16 heavy (non-hydrogen) atoms. The Kier molecular flexibility index (Phi) is 3.05. The minimum atomic E-state index is -0.0601. The van der Waals surface area contributed by atoms with E-state index in [9.17, 15) is 4.79 Å². The smallest absolute Gasteiger partial charge is 0.226 e. The van der Waals surface area contributed by atoms with Crippen molar-refractivity contribution in [3.05, 3.63) is 36.4 Å². The molecule has 0 saturated heterocycles. The molecule has 2 rings (SSSR count). The van der Waals surface area contributed by atoms with E-state index in [-0.39, 0.29) is 5.91 Å². The Morgan fingerprint density at radius 2 is 2.44 bits per heavy atom. The predicted octanol–water partition coefficient (Wildman–Crippen LogP) is 1.58. The summed E-state index contributed by atoms with van der Waals surface area (Å²) in [6.07, 6.45) is 4.38. The van der Waals surface area contributed by atoms with E-state index in [1.807, 2.05) is 12.1 Å². The second-order valence-electron chi connectivity index (χ2n) is 3.50. The molecule has 1 amide bonds. The largest absolute Gasteiger partial charge is 0.469 e. The van der Waals surface area contributed by atoms with Gasteiger partial charge >= 0.3 is 0 Å². The molecule has 0 aromatic carbocycles. The summed E-state index contributed by atoms with van der Waals surface area (Å²) in [4.78, 5) is 11.5. The van der Waals surface area contributed by atoms with E-state index in [1.54, 1.807) is 30.3 Å². The number of carbonyl (C=O) groups is 1. The van der Waals surface area contributed by atoms with Gasteiger partial charge in [0.1, 0.15) is 5.76 Å². The van der Waals surface area contributed by atoms with Crippen LogP contribution in [-0.4, -0.2) is 15.7 Å². The first kappa shape index (κ1) is 10.5. The van der Waals surface area contributed by atoms with Crippen molar-refractivity contribution in [3.8, 4) is 0 Å². The van der Waals surface area contributed by atoms with Gasteiger partial charge in [-0.2, -0.15) is 5.10 Å². The number of hydrogen-bond donors (Lipinski definition) is 1. The van der Waals surface area contributed by atoms with Crippen molar-refractivity contribution < 1.29 is 9.21 Å². The molecule has 1 N–H and O–H groups in total. The lowest BCUT2D eigenvalue weighted by atomic mass is 10.2. The molecule has 0 saturated carbocycles. The van der Waals surface area contributed by atoms with Crippen LogP contribution >= 0.6 is 0 Å². The summed E-state index contributed by atoms with van der Waals surface area (Å²) in [5.74, 6) is 1.33. The summed E-state index contributed by atoms with van der Waals surface area (Å²) in [6, 6.07) is 5.42. The zero-order valence-corrected chi connectivity index (χ0v) is 9.01. The Balaban J connectivity index is 1.81. The highest BCUT2D eigenvalue weighted by molar-refractivity contribution is 5.89. The average molecular weight is 219 g/mol. The van der Waals surface area contributed by atoms with Crippen LogP contribution in [0.25, 0.3) is 0 Å². The normalized spacial score (nSPS) is 10.3. The molecule has 0 radical (unpaired) electrons. The van der Waals surface area contributed by atoms with Crippen molar-refractivity contribution in [2.24, 2.45) is 7.05 Å². The van der Waals surface area contributed by atoms with Crippen molar-refractivity contribution in [3.63, 3.8) is 0 Å². The first-order valence-electron chi connectivity index (χ1n) is 5.06. The molecule has 0 aliphatic heterocycles. The van der Waals surface area contributed by atoms with Crippen LogP contribution in [0.4, 0.5) is 5.82 Å². The minimum absolute atomic E-state index is 0.0601. The monoisotopic (exact) mass is 219 g/mol. The van der Waals surface area contributed by atoms with Gasteiger partial charge in [-0.1, -0.05) is 0 Å². The molecule has 5 heteroatoms. The van der Waals surface area contributed by atoms with Gasteiger partial charge < -0.3 is 9.73 Å². The number of carbonyl (C=O) groups excluding carboxylic acids is 1. The van der Waals surface area contributed by atoms with Gasteiger partial charge in [0.15, 0.2) is 5.82 Å². The maximum atomic E-state index is 11.5. The van der Waals surface area contributed by atoms with Crippen LogP contribution in [0.2, 0.25) is 0 Å². The zero-order valence-electron chi connectivity index (χ0n) is 9.01. The highest BCUT2D eigenvalue weighted by atomic mass is 16.3. The van der Waals surface area contributed by atoms with Gasteiger partial charge in [-0.05, 0) is 12.1 Å². The zero-order chi connectivity index (χ0) is 11.4. The molecule has 2 heterocycles. The highest BCUT2D eigenvalue weighted by Crippen LogP contribution is 2.06. The Labute approximate surface area is 93.1 Å². The number of anilines is 1. The molecule has 2 aromatic heterocycles. The van der Waals surface area contributed by atoms with E-state index in [2.05, 4.69) is 10.4 Å². The molecule has 0 spiro atoms. The fourth-order valence-electron chi connectivity index (χ4n) is 1.38. The fraction of sp³-hybridized carbons (Fsp3) is 0.273. The van der Waals surface area contributed by atoms with Crippen molar-refractivity contribution in [2.75, 3.05) is 5.32 Å². The standard InChI is InChI=1S/C11H13N3O2/c1-14-7-6-10(13-14)12-11(15)5-4-9-3-2-8-16-9/h2-3,6-8H,4-5H2,1H3,(H,12,13,15). The third-order valence-corrected chi connectivity index (χ3v) is 2.16. The van der Waals surface area contributed by atoms with Crippen molar-refractivity contribution >= 4 is 11.7 Å². The molecule has 0 aliphatic rings. The number of furan rings is 1. The van der Waals surface area contributed by atoms with E-state index < -0.39 is 0 Å². The molecule has 0 aliphatic carbocycles. The molecule has 84 valence electrons. The molecule has 0 bridgehead atoms. The number of rotatable bonds is 4. The summed E-state index contributed by atoms with van der Waals surface area (Å²) < 4.78 is 6.78. The molecular weight excluding hydrogens is 206 g/mol. The van der Waals surface area contributed by atoms with Crippen molar-refractivity contribution in [1.82, 2.24) is 9.78 Å². The summed E-state index contributed by atoms with van der Waals surface area (Å²) in [5.41, 5.74) is 0. The predicted molar refractivity (Wildman–Crippen MR) is 58.9 cm³/mol. The van der Waals surface area contributed by atoms with Gasteiger partial charge in [0.05, 0.1) is 6.26 Å². The van der Waals surface area contributed by atoms with Crippen molar-refractivity contribution in [2.45, 2.75) is 12.8 Å².